The van der Waals surface area contributed by atoms with Crippen molar-refractivity contribution >= 4 is 6.29 Å². The number of hydrogen-bond donors (Lipinski definition) is 1. The molecule has 0 aliphatic heterocycles. The fraction of sp³-hybridized carbons (Fsp3) is 0.364. The van der Waals surface area contributed by atoms with E-state index in [1.807, 2.05) is 0 Å². The first-order valence-corrected chi connectivity index (χ1v) is 4.53. The van der Waals surface area contributed by atoms with Crippen LogP contribution < -0.4 is 4.74 Å². The Kier molecular flexibility index (Phi) is 3.65. The van der Waals surface area contributed by atoms with Gasteiger partial charge < -0.3 is 9.84 Å². The van der Waals surface area contributed by atoms with Crippen LogP contribution in [0.5, 0.6) is 5.75 Å². The zero-order chi connectivity index (χ0) is 10.6. The van der Waals surface area contributed by atoms with Gasteiger partial charge in [0, 0.05) is 5.56 Å². The molecule has 0 aromatic heterocycles. The molecule has 3 heteroatoms. The summed E-state index contributed by atoms with van der Waals surface area (Å²) in [5, 5.41) is 9.20. The third-order valence-electron chi connectivity index (χ3n) is 2.02. The van der Waals surface area contributed by atoms with Gasteiger partial charge in [0.2, 0.25) is 0 Å². The minimum absolute atomic E-state index is 0.253. The summed E-state index contributed by atoms with van der Waals surface area (Å²) in [6.07, 6.45) is 0.0137. The molecule has 76 valence electrons. The predicted molar refractivity (Wildman–Crippen MR) is 53.6 cm³/mol. The Balaban J connectivity index is 2.64. The molecule has 0 radical (unpaired) electrons. The van der Waals surface area contributed by atoms with Crippen LogP contribution in [0.2, 0.25) is 0 Å². The highest BCUT2D eigenvalue weighted by Gasteiger charge is 2.09. The Labute approximate surface area is 83.3 Å². The number of carbonyl (C=O) groups excluding carboxylic acids is 1. The molecule has 0 saturated carbocycles. The highest BCUT2D eigenvalue weighted by atomic mass is 16.5. The Morgan fingerprint density at radius 3 is 2.29 bits per heavy atom. The Hall–Kier alpha value is -1.35. The van der Waals surface area contributed by atoms with Crippen LogP contribution in [0.4, 0.5) is 0 Å². The summed E-state index contributed by atoms with van der Waals surface area (Å²) >= 11 is 0. The molecule has 1 N–H and O–H groups in total. The standard InChI is InChI=1S/C11H14O3/c1-8(13)9(2)14-11-5-3-10(7-12)4-6-11/h3-9,13H,1-2H3. The average molecular weight is 194 g/mol. The number of aldehydes is 1. The van der Waals surface area contributed by atoms with Gasteiger partial charge in [-0.3, -0.25) is 4.79 Å². The van der Waals surface area contributed by atoms with Gasteiger partial charge in [-0.05, 0) is 38.1 Å². The topological polar surface area (TPSA) is 46.5 Å². The van der Waals surface area contributed by atoms with Gasteiger partial charge in [-0.25, -0.2) is 0 Å². The molecule has 0 aliphatic carbocycles. The first kappa shape index (κ1) is 10.7. The van der Waals surface area contributed by atoms with Crippen LogP contribution in [0.3, 0.4) is 0 Å². The van der Waals surface area contributed by atoms with E-state index in [0.29, 0.717) is 11.3 Å². The molecule has 3 nitrogen and oxygen atoms in total. The number of aliphatic hydroxyl groups excluding tert-OH is 1. The maximum atomic E-state index is 10.4. The molecular formula is C11H14O3. The molecule has 1 aromatic carbocycles. The number of benzene rings is 1. The average Bonchev–Trinajstić information content (AvgIpc) is 2.19. The first-order chi connectivity index (χ1) is 6.63. The van der Waals surface area contributed by atoms with E-state index < -0.39 is 6.10 Å². The van der Waals surface area contributed by atoms with Gasteiger partial charge in [0.1, 0.15) is 18.1 Å². The van der Waals surface area contributed by atoms with Crippen LogP contribution in [0.15, 0.2) is 24.3 Å². The fourth-order valence-corrected chi connectivity index (χ4v) is 0.938. The molecule has 2 unspecified atom stereocenters. The van der Waals surface area contributed by atoms with Crippen LogP contribution in [0.1, 0.15) is 24.2 Å². The Morgan fingerprint density at radius 2 is 1.86 bits per heavy atom. The number of rotatable bonds is 4. The van der Waals surface area contributed by atoms with Crippen molar-refractivity contribution in [3.63, 3.8) is 0 Å². The largest absolute Gasteiger partial charge is 0.488 e. The van der Waals surface area contributed by atoms with Gasteiger partial charge in [-0.15, -0.1) is 0 Å². The lowest BCUT2D eigenvalue weighted by molar-refractivity contribution is 0.0604. The van der Waals surface area contributed by atoms with Crippen molar-refractivity contribution in [1.29, 1.82) is 0 Å². The monoisotopic (exact) mass is 194 g/mol. The predicted octanol–water partition coefficient (Wildman–Crippen LogP) is 1.65. The molecule has 0 amide bonds. The van der Waals surface area contributed by atoms with Crippen LogP contribution >= 0.6 is 0 Å². The summed E-state index contributed by atoms with van der Waals surface area (Å²) in [4.78, 5) is 10.4. The van der Waals surface area contributed by atoms with Gasteiger partial charge in [0.05, 0.1) is 6.10 Å². The summed E-state index contributed by atoms with van der Waals surface area (Å²) in [5.41, 5.74) is 0.613. The normalized spacial score (nSPS) is 14.5. The third-order valence-corrected chi connectivity index (χ3v) is 2.02. The van der Waals surface area contributed by atoms with Gasteiger partial charge >= 0.3 is 0 Å². The summed E-state index contributed by atoms with van der Waals surface area (Å²) in [6, 6.07) is 6.78. The van der Waals surface area contributed by atoms with Gasteiger partial charge in [0.25, 0.3) is 0 Å². The lowest BCUT2D eigenvalue weighted by atomic mass is 10.2. The highest BCUT2D eigenvalue weighted by molar-refractivity contribution is 5.74. The van der Waals surface area contributed by atoms with E-state index in [9.17, 15) is 9.90 Å². The molecule has 14 heavy (non-hydrogen) atoms. The molecule has 0 aliphatic rings. The van der Waals surface area contributed by atoms with Crippen molar-refractivity contribution in [3.05, 3.63) is 29.8 Å². The summed E-state index contributed by atoms with van der Waals surface area (Å²) in [6.45, 7) is 3.46. The molecule has 0 bridgehead atoms. The molecule has 1 aromatic rings. The zero-order valence-corrected chi connectivity index (χ0v) is 8.31. The van der Waals surface area contributed by atoms with Crippen molar-refractivity contribution in [2.24, 2.45) is 0 Å². The van der Waals surface area contributed by atoms with Crippen LogP contribution in [-0.2, 0) is 0 Å². The molecule has 0 fully saturated rings. The van der Waals surface area contributed by atoms with E-state index in [1.54, 1.807) is 38.1 Å². The minimum atomic E-state index is -0.513. The highest BCUT2D eigenvalue weighted by Crippen LogP contribution is 2.14. The summed E-state index contributed by atoms with van der Waals surface area (Å²) in [5.74, 6) is 0.656. The molecule has 1 rings (SSSR count). The second-order valence-corrected chi connectivity index (χ2v) is 3.25. The molecule has 2 atom stereocenters. The smallest absolute Gasteiger partial charge is 0.150 e. The second kappa shape index (κ2) is 4.77. The molecule has 0 saturated heterocycles. The van der Waals surface area contributed by atoms with Crippen molar-refractivity contribution in [3.8, 4) is 5.75 Å². The molecule has 0 spiro atoms. The van der Waals surface area contributed by atoms with Crippen LogP contribution in [0.25, 0.3) is 0 Å². The summed E-state index contributed by atoms with van der Waals surface area (Å²) in [7, 11) is 0. The fourth-order valence-electron chi connectivity index (χ4n) is 0.938. The Bertz CT molecular complexity index is 290. The van der Waals surface area contributed by atoms with Gasteiger partial charge in [-0.2, -0.15) is 0 Å². The van der Waals surface area contributed by atoms with E-state index >= 15 is 0 Å². The minimum Gasteiger partial charge on any atom is -0.488 e. The maximum Gasteiger partial charge on any atom is 0.150 e. The first-order valence-electron chi connectivity index (χ1n) is 4.53. The Morgan fingerprint density at radius 1 is 1.29 bits per heavy atom. The van der Waals surface area contributed by atoms with E-state index in [4.69, 9.17) is 4.74 Å². The third kappa shape index (κ3) is 2.85. The van der Waals surface area contributed by atoms with E-state index in [-0.39, 0.29) is 6.10 Å². The number of hydrogen-bond acceptors (Lipinski definition) is 3. The zero-order valence-electron chi connectivity index (χ0n) is 8.31. The van der Waals surface area contributed by atoms with Gasteiger partial charge in [0.15, 0.2) is 0 Å². The van der Waals surface area contributed by atoms with Crippen molar-refractivity contribution < 1.29 is 14.6 Å². The van der Waals surface area contributed by atoms with Crippen molar-refractivity contribution in [2.45, 2.75) is 26.1 Å². The van der Waals surface area contributed by atoms with E-state index in [0.717, 1.165) is 6.29 Å². The van der Waals surface area contributed by atoms with Crippen LogP contribution in [0, 0.1) is 0 Å². The van der Waals surface area contributed by atoms with E-state index in [2.05, 4.69) is 0 Å². The van der Waals surface area contributed by atoms with Crippen molar-refractivity contribution in [1.82, 2.24) is 0 Å². The summed E-state index contributed by atoms with van der Waals surface area (Å²) < 4.78 is 5.41. The number of carbonyl (C=O) groups is 1. The van der Waals surface area contributed by atoms with Crippen molar-refractivity contribution in [2.75, 3.05) is 0 Å². The quantitative estimate of drug-likeness (QED) is 0.741. The van der Waals surface area contributed by atoms with Gasteiger partial charge in [-0.1, -0.05) is 0 Å². The number of aliphatic hydroxyl groups is 1. The lowest BCUT2D eigenvalue weighted by Crippen LogP contribution is -2.25. The lowest BCUT2D eigenvalue weighted by Gasteiger charge is -2.16. The number of ether oxygens (including phenoxy) is 1. The molecular weight excluding hydrogens is 180 g/mol. The SMILES string of the molecule is CC(O)C(C)Oc1ccc(C=O)cc1. The van der Waals surface area contributed by atoms with Crippen LogP contribution in [-0.4, -0.2) is 23.6 Å². The van der Waals surface area contributed by atoms with E-state index in [1.165, 1.54) is 0 Å². The maximum absolute atomic E-state index is 10.4. The molecule has 0 heterocycles. The second-order valence-electron chi connectivity index (χ2n) is 3.25.